The van der Waals surface area contributed by atoms with Gasteiger partial charge in [-0.25, -0.2) is 5.48 Å². The normalized spacial score (nSPS) is 11.4. The topological polar surface area (TPSA) is 85.9 Å². The van der Waals surface area contributed by atoms with Crippen molar-refractivity contribution in [3.63, 3.8) is 0 Å². The molecule has 0 aliphatic carbocycles. The van der Waals surface area contributed by atoms with E-state index in [2.05, 4.69) is 28.8 Å². The van der Waals surface area contributed by atoms with Crippen LogP contribution in [-0.4, -0.2) is 44.8 Å². The number of hydrogen-bond donors (Lipinski definition) is 2. The number of hydrogen-bond acceptors (Lipinski definition) is 5. The number of carbonyl (C=O) groups is 2. The fraction of sp³-hybridized carbons (Fsp3) is 0.400. The van der Waals surface area contributed by atoms with Crippen molar-refractivity contribution >= 4 is 11.8 Å². The van der Waals surface area contributed by atoms with Crippen LogP contribution in [0.25, 0.3) is 0 Å². The van der Waals surface area contributed by atoms with E-state index in [1.165, 1.54) is 7.11 Å². The van der Waals surface area contributed by atoms with Crippen molar-refractivity contribution in [2.24, 2.45) is 0 Å². The lowest BCUT2D eigenvalue weighted by molar-refractivity contribution is -0.133. The third kappa shape index (κ3) is 8.63. The minimum Gasteiger partial charge on any atom is -0.377 e. The summed E-state index contributed by atoms with van der Waals surface area (Å²) in [6.07, 6.45) is 4.29. The molecule has 0 aliphatic heterocycles. The molecule has 0 heterocycles. The molecule has 0 aromatic heterocycles. The zero-order valence-corrected chi connectivity index (χ0v) is 15.7. The van der Waals surface area contributed by atoms with Crippen molar-refractivity contribution in [3.8, 4) is 0 Å². The lowest BCUT2D eigenvalue weighted by Crippen LogP contribution is -2.46. The fourth-order valence-electron chi connectivity index (χ4n) is 2.29. The van der Waals surface area contributed by atoms with Gasteiger partial charge < -0.3 is 14.8 Å². The Labute approximate surface area is 160 Å². The first-order valence-corrected chi connectivity index (χ1v) is 8.72. The zero-order chi connectivity index (χ0) is 19.9. The first-order chi connectivity index (χ1) is 13.1. The van der Waals surface area contributed by atoms with E-state index in [9.17, 15) is 9.59 Å². The van der Waals surface area contributed by atoms with Gasteiger partial charge in [0, 0.05) is 18.8 Å². The van der Waals surface area contributed by atoms with Crippen LogP contribution in [0.1, 0.15) is 28.8 Å². The number of nitrogens with one attached hydrogen (secondary N) is 2. The molecule has 1 atom stereocenters. The Balaban J connectivity index is 2.62. The number of benzene rings is 1. The molecule has 27 heavy (non-hydrogen) atoms. The molecule has 2 N–H and O–H groups in total. The Bertz CT molecular complexity index is 618. The molecule has 0 fully saturated rings. The van der Waals surface area contributed by atoms with Gasteiger partial charge in [-0.05, 0) is 24.5 Å². The fourth-order valence-corrected chi connectivity index (χ4v) is 2.29. The van der Waals surface area contributed by atoms with E-state index in [-0.39, 0.29) is 12.3 Å². The number of rotatable bonds is 14. The van der Waals surface area contributed by atoms with Crippen LogP contribution in [-0.2, 0) is 25.7 Å². The number of amides is 2. The van der Waals surface area contributed by atoms with E-state index >= 15 is 0 Å². The summed E-state index contributed by atoms with van der Waals surface area (Å²) >= 11 is 0. The maximum absolute atomic E-state index is 12.6. The second kappa shape index (κ2) is 13.7. The van der Waals surface area contributed by atoms with Gasteiger partial charge in [0.2, 0.25) is 0 Å². The van der Waals surface area contributed by atoms with Gasteiger partial charge in [0.05, 0.1) is 20.3 Å². The Morgan fingerprint density at radius 1 is 1.15 bits per heavy atom. The highest BCUT2D eigenvalue weighted by atomic mass is 16.6. The Morgan fingerprint density at radius 2 is 1.89 bits per heavy atom. The maximum atomic E-state index is 12.6. The highest BCUT2D eigenvalue weighted by molar-refractivity contribution is 5.98. The summed E-state index contributed by atoms with van der Waals surface area (Å²) in [4.78, 5) is 29.2. The smallest absolute Gasteiger partial charge is 0.266 e. The third-order valence-corrected chi connectivity index (χ3v) is 3.56. The molecule has 7 nitrogen and oxygen atoms in total. The lowest BCUT2D eigenvalue weighted by Gasteiger charge is -2.17. The van der Waals surface area contributed by atoms with Gasteiger partial charge in [0.25, 0.3) is 11.8 Å². The van der Waals surface area contributed by atoms with Crippen molar-refractivity contribution in [2.75, 3.05) is 26.9 Å². The summed E-state index contributed by atoms with van der Waals surface area (Å²) < 4.78 is 10.9. The summed E-state index contributed by atoms with van der Waals surface area (Å²) in [7, 11) is 1.33. The molecule has 0 bridgehead atoms. The summed E-state index contributed by atoms with van der Waals surface area (Å²) in [6, 6.07) is 6.34. The van der Waals surface area contributed by atoms with Crippen LogP contribution >= 0.6 is 0 Å². The van der Waals surface area contributed by atoms with E-state index in [1.54, 1.807) is 24.3 Å². The van der Waals surface area contributed by atoms with Crippen LogP contribution < -0.4 is 10.8 Å². The first-order valence-electron chi connectivity index (χ1n) is 8.72. The van der Waals surface area contributed by atoms with Crippen LogP contribution in [0.4, 0.5) is 0 Å². The van der Waals surface area contributed by atoms with Crippen LogP contribution in [0.2, 0.25) is 0 Å². The summed E-state index contributed by atoms with van der Waals surface area (Å²) in [6.45, 7) is 9.11. The molecule has 2 amide bonds. The third-order valence-electron chi connectivity index (χ3n) is 3.56. The predicted molar refractivity (Wildman–Crippen MR) is 103 cm³/mol. The largest absolute Gasteiger partial charge is 0.377 e. The SMILES string of the molecule is C=CCOCCCOCc1ccccc1C(=O)N[C@@H](CC=C)C(=O)NOC. The van der Waals surface area contributed by atoms with Gasteiger partial charge in [0.1, 0.15) is 6.04 Å². The minimum atomic E-state index is -0.772. The molecular formula is C20H28N2O5. The number of ether oxygens (including phenoxy) is 2. The van der Waals surface area contributed by atoms with Crippen LogP contribution in [0.3, 0.4) is 0 Å². The molecule has 0 unspecified atom stereocenters. The zero-order valence-electron chi connectivity index (χ0n) is 15.7. The molecule has 1 aromatic carbocycles. The summed E-state index contributed by atoms with van der Waals surface area (Å²) in [5, 5.41) is 2.70. The molecule has 0 saturated carbocycles. The van der Waals surface area contributed by atoms with E-state index in [0.29, 0.717) is 32.0 Å². The van der Waals surface area contributed by atoms with Crippen molar-refractivity contribution in [2.45, 2.75) is 25.5 Å². The second-order valence-corrected chi connectivity index (χ2v) is 5.65. The Morgan fingerprint density at radius 3 is 2.59 bits per heavy atom. The van der Waals surface area contributed by atoms with Gasteiger partial charge in [-0.2, -0.15) is 0 Å². The van der Waals surface area contributed by atoms with Gasteiger partial charge in [-0.15, -0.1) is 13.2 Å². The highest BCUT2D eigenvalue weighted by Gasteiger charge is 2.21. The summed E-state index contributed by atoms with van der Waals surface area (Å²) in [5.74, 6) is -0.805. The lowest BCUT2D eigenvalue weighted by atomic mass is 10.1. The van der Waals surface area contributed by atoms with Crippen molar-refractivity contribution in [1.29, 1.82) is 0 Å². The molecule has 0 aliphatic rings. The average molecular weight is 376 g/mol. The van der Waals surface area contributed by atoms with Gasteiger partial charge in [0.15, 0.2) is 0 Å². The van der Waals surface area contributed by atoms with E-state index in [4.69, 9.17) is 9.47 Å². The number of carbonyl (C=O) groups excluding carboxylic acids is 2. The molecule has 1 aromatic rings. The quantitative estimate of drug-likeness (QED) is 0.295. The molecule has 0 spiro atoms. The molecule has 0 radical (unpaired) electrons. The molecular weight excluding hydrogens is 348 g/mol. The van der Waals surface area contributed by atoms with Gasteiger partial charge >= 0.3 is 0 Å². The summed E-state index contributed by atoms with van der Waals surface area (Å²) in [5.41, 5.74) is 3.42. The standard InChI is InChI=1S/C20H28N2O5/c1-4-9-18(20(24)22-25-3)21-19(23)17-11-7-6-10-16(17)15-27-14-8-13-26-12-5-2/h4-7,10-11,18H,1-2,8-9,12-15H2,3H3,(H,21,23)(H,22,24)/t18-/m0/s1. The highest BCUT2D eigenvalue weighted by Crippen LogP contribution is 2.11. The molecule has 1 rings (SSSR count). The van der Waals surface area contributed by atoms with Crippen LogP contribution in [0.15, 0.2) is 49.6 Å². The second-order valence-electron chi connectivity index (χ2n) is 5.65. The van der Waals surface area contributed by atoms with Crippen LogP contribution in [0, 0.1) is 0 Å². The predicted octanol–water partition coefficient (Wildman–Crippen LogP) is 2.15. The van der Waals surface area contributed by atoms with E-state index in [0.717, 1.165) is 12.0 Å². The Hall–Kier alpha value is -2.48. The van der Waals surface area contributed by atoms with Gasteiger partial charge in [-0.1, -0.05) is 30.4 Å². The van der Waals surface area contributed by atoms with E-state index < -0.39 is 11.9 Å². The van der Waals surface area contributed by atoms with Gasteiger partial charge in [-0.3, -0.25) is 14.4 Å². The van der Waals surface area contributed by atoms with Crippen molar-refractivity contribution in [3.05, 3.63) is 60.7 Å². The molecule has 148 valence electrons. The first kappa shape index (κ1) is 22.6. The maximum Gasteiger partial charge on any atom is 0.266 e. The van der Waals surface area contributed by atoms with Crippen molar-refractivity contribution in [1.82, 2.24) is 10.8 Å². The molecule has 0 saturated heterocycles. The van der Waals surface area contributed by atoms with E-state index in [1.807, 2.05) is 12.1 Å². The monoisotopic (exact) mass is 376 g/mol. The molecule has 7 heteroatoms. The number of hydroxylamine groups is 1. The van der Waals surface area contributed by atoms with Crippen LogP contribution in [0.5, 0.6) is 0 Å². The van der Waals surface area contributed by atoms with Crippen molar-refractivity contribution < 1.29 is 23.9 Å². The minimum absolute atomic E-state index is 0.282. The Kier molecular flexibility index (Phi) is 11.4. The average Bonchev–Trinajstić information content (AvgIpc) is 2.67.